The van der Waals surface area contributed by atoms with Gasteiger partial charge in [-0.3, -0.25) is 9.52 Å². The fraction of sp³-hybridized carbons (Fsp3) is 0.240. The van der Waals surface area contributed by atoms with E-state index in [2.05, 4.69) is 10.0 Å². The number of anilines is 2. The third-order valence-electron chi connectivity index (χ3n) is 5.90. The van der Waals surface area contributed by atoms with Crippen LogP contribution in [0.3, 0.4) is 0 Å². The molecule has 0 saturated carbocycles. The van der Waals surface area contributed by atoms with Gasteiger partial charge in [0.15, 0.2) is 0 Å². The third kappa shape index (κ3) is 5.53. The Bertz CT molecular complexity index is 1460. The van der Waals surface area contributed by atoms with Crippen molar-refractivity contribution >= 4 is 37.3 Å². The Morgan fingerprint density at radius 1 is 0.861 bits per heavy atom. The molecule has 190 valence electrons. The molecule has 11 heteroatoms. The Balaban J connectivity index is 1.50. The van der Waals surface area contributed by atoms with E-state index in [1.807, 2.05) is 0 Å². The van der Waals surface area contributed by atoms with Crippen molar-refractivity contribution in [2.24, 2.45) is 0 Å². The van der Waals surface area contributed by atoms with Gasteiger partial charge in [-0.05, 0) is 86.0 Å². The highest BCUT2D eigenvalue weighted by atomic mass is 32.2. The summed E-state index contributed by atoms with van der Waals surface area (Å²) in [7, 11) is -5.98. The molecule has 0 aliphatic carbocycles. The quantitative estimate of drug-likeness (QED) is 0.457. The summed E-state index contributed by atoms with van der Waals surface area (Å²) in [5.74, 6) is 0.107. The molecular formula is C25H27N3O6S2. The van der Waals surface area contributed by atoms with Gasteiger partial charge in [-0.2, -0.15) is 4.31 Å². The molecule has 1 heterocycles. The number of aryl methyl sites for hydroxylation is 1. The first-order valence-electron chi connectivity index (χ1n) is 11.3. The summed E-state index contributed by atoms with van der Waals surface area (Å²) in [5.41, 5.74) is 1.41. The maximum absolute atomic E-state index is 13.0. The Labute approximate surface area is 211 Å². The van der Waals surface area contributed by atoms with Gasteiger partial charge in [-0.1, -0.05) is 6.07 Å². The number of hydrogen-bond acceptors (Lipinski definition) is 6. The first-order chi connectivity index (χ1) is 17.1. The number of nitrogens with one attached hydrogen (secondary N) is 2. The lowest BCUT2D eigenvalue weighted by Crippen LogP contribution is -2.27. The Kier molecular flexibility index (Phi) is 7.34. The highest BCUT2D eigenvalue weighted by Gasteiger charge is 2.27. The molecule has 0 spiro atoms. The van der Waals surface area contributed by atoms with Crippen LogP contribution in [-0.4, -0.2) is 47.2 Å². The number of methoxy groups -OCH3 is 1. The zero-order chi connectivity index (χ0) is 25.9. The number of hydrogen-bond donors (Lipinski definition) is 2. The molecule has 1 saturated heterocycles. The molecule has 3 aromatic rings. The molecule has 0 bridgehead atoms. The van der Waals surface area contributed by atoms with E-state index >= 15 is 0 Å². The highest BCUT2D eigenvalue weighted by Crippen LogP contribution is 2.25. The number of sulfonamides is 2. The molecule has 1 aliphatic rings. The maximum Gasteiger partial charge on any atom is 0.262 e. The standard InChI is InChI=1S/C25H27N3O6S2/c1-18-5-8-21(17-24(18)35(30,31)27-20-9-11-22(34-2)12-10-20)26-25(29)19-6-13-23(14-7-19)36(32,33)28-15-3-4-16-28/h5-14,17,27H,3-4,15-16H2,1-2H3,(H,26,29). The van der Waals surface area contributed by atoms with Crippen LogP contribution in [-0.2, 0) is 20.0 Å². The molecule has 4 rings (SSSR count). The Morgan fingerprint density at radius 2 is 1.47 bits per heavy atom. The lowest BCUT2D eigenvalue weighted by Gasteiger charge is -2.15. The molecule has 1 fully saturated rings. The van der Waals surface area contributed by atoms with Crippen LogP contribution < -0.4 is 14.8 Å². The zero-order valence-electron chi connectivity index (χ0n) is 19.9. The fourth-order valence-electron chi connectivity index (χ4n) is 3.90. The van der Waals surface area contributed by atoms with Crippen LogP contribution in [0, 0.1) is 6.92 Å². The fourth-order valence-corrected chi connectivity index (χ4v) is 6.74. The molecule has 0 atom stereocenters. The van der Waals surface area contributed by atoms with Gasteiger partial charge < -0.3 is 10.1 Å². The molecule has 0 unspecified atom stereocenters. The minimum Gasteiger partial charge on any atom is -0.497 e. The smallest absolute Gasteiger partial charge is 0.262 e. The second-order valence-corrected chi connectivity index (χ2v) is 12.0. The number of ether oxygens (including phenoxy) is 1. The molecule has 1 aliphatic heterocycles. The van der Waals surface area contributed by atoms with Crippen LogP contribution in [0.4, 0.5) is 11.4 Å². The monoisotopic (exact) mass is 529 g/mol. The topological polar surface area (TPSA) is 122 Å². The summed E-state index contributed by atoms with van der Waals surface area (Å²) in [5, 5.41) is 2.68. The van der Waals surface area contributed by atoms with E-state index in [1.165, 1.54) is 41.7 Å². The van der Waals surface area contributed by atoms with Crippen molar-refractivity contribution in [1.29, 1.82) is 0 Å². The van der Waals surface area contributed by atoms with E-state index in [1.54, 1.807) is 43.3 Å². The van der Waals surface area contributed by atoms with Gasteiger partial charge >= 0.3 is 0 Å². The van der Waals surface area contributed by atoms with Gasteiger partial charge in [0.2, 0.25) is 10.0 Å². The predicted octanol–water partition coefficient (Wildman–Crippen LogP) is 3.84. The predicted molar refractivity (Wildman–Crippen MR) is 137 cm³/mol. The molecule has 9 nitrogen and oxygen atoms in total. The van der Waals surface area contributed by atoms with Crippen LogP contribution >= 0.6 is 0 Å². The summed E-state index contributed by atoms with van der Waals surface area (Å²) in [6, 6.07) is 16.7. The summed E-state index contributed by atoms with van der Waals surface area (Å²) in [6.07, 6.45) is 1.67. The average Bonchev–Trinajstić information content (AvgIpc) is 3.41. The first kappa shape index (κ1) is 25.7. The van der Waals surface area contributed by atoms with Crippen molar-refractivity contribution in [3.05, 3.63) is 77.9 Å². The van der Waals surface area contributed by atoms with E-state index in [0.717, 1.165) is 12.8 Å². The number of rotatable bonds is 8. The molecule has 0 aromatic heterocycles. The van der Waals surface area contributed by atoms with Crippen LogP contribution in [0.25, 0.3) is 0 Å². The van der Waals surface area contributed by atoms with Crippen LogP contribution in [0.5, 0.6) is 5.75 Å². The summed E-state index contributed by atoms with van der Waals surface area (Å²) in [6.45, 7) is 2.65. The minimum atomic E-state index is -3.93. The van der Waals surface area contributed by atoms with E-state index in [-0.39, 0.29) is 21.0 Å². The average molecular weight is 530 g/mol. The number of carbonyl (C=O) groups excluding carboxylic acids is 1. The Morgan fingerprint density at radius 3 is 2.08 bits per heavy atom. The van der Waals surface area contributed by atoms with Crippen molar-refractivity contribution in [2.45, 2.75) is 29.6 Å². The van der Waals surface area contributed by atoms with Crippen molar-refractivity contribution in [3.8, 4) is 5.75 Å². The molecule has 2 N–H and O–H groups in total. The summed E-state index contributed by atoms with van der Waals surface area (Å²) in [4.78, 5) is 12.9. The lowest BCUT2D eigenvalue weighted by atomic mass is 10.2. The number of benzene rings is 3. The van der Waals surface area contributed by atoms with Gasteiger partial charge in [0, 0.05) is 30.0 Å². The van der Waals surface area contributed by atoms with Crippen LogP contribution in [0.2, 0.25) is 0 Å². The van der Waals surface area contributed by atoms with Crippen molar-refractivity contribution in [3.63, 3.8) is 0 Å². The van der Waals surface area contributed by atoms with Crippen molar-refractivity contribution < 1.29 is 26.4 Å². The number of carbonyl (C=O) groups is 1. The largest absolute Gasteiger partial charge is 0.497 e. The van der Waals surface area contributed by atoms with E-state index < -0.39 is 26.0 Å². The highest BCUT2D eigenvalue weighted by molar-refractivity contribution is 7.92. The molecule has 1 amide bonds. The van der Waals surface area contributed by atoms with Gasteiger partial charge in [0.05, 0.1) is 16.9 Å². The first-order valence-corrected chi connectivity index (χ1v) is 14.2. The lowest BCUT2D eigenvalue weighted by molar-refractivity contribution is 0.102. The zero-order valence-corrected chi connectivity index (χ0v) is 21.5. The van der Waals surface area contributed by atoms with Crippen LogP contribution in [0.15, 0.2) is 76.5 Å². The SMILES string of the molecule is COc1ccc(NS(=O)(=O)c2cc(NC(=O)c3ccc(S(=O)(=O)N4CCCC4)cc3)ccc2C)cc1. The minimum absolute atomic E-state index is 0.0168. The number of nitrogens with zero attached hydrogens (tertiary/aromatic N) is 1. The molecule has 0 radical (unpaired) electrons. The number of amides is 1. The maximum atomic E-state index is 13.0. The van der Waals surface area contributed by atoms with E-state index in [0.29, 0.717) is 30.1 Å². The molecule has 36 heavy (non-hydrogen) atoms. The van der Waals surface area contributed by atoms with E-state index in [9.17, 15) is 21.6 Å². The second-order valence-electron chi connectivity index (χ2n) is 8.40. The van der Waals surface area contributed by atoms with Gasteiger partial charge in [-0.15, -0.1) is 0 Å². The normalized spacial score (nSPS) is 14.4. The van der Waals surface area contributed by atoms with Gasteiger partial charge in [0.1, 0.15) is 5.75 Å². The Hall–Kier alpha value is -3.41. The third-order valence-corrected chi connectivity index (χ3v) is 9.33. The van der Waals surface area contributed by atoms with Crippen molar-refractivity contribution in [2.75, 3.05) is 30.2 Å². The van der Waals surface area contributed by atoms with Gasteiger partial charge in [-0.25, -0.2) is 16.8 Å². The summed E-state index contributed by atoms with van der Waals surface area (Å²) < 4.78 is 60.5. The van der Waals surface area contributed by atoms with E-state index in [4.69, 9.17) is 4.74 Å². The van der Waals surface area contributed by atoms with Gasteiger partial charge in [0.25, 0.3) is 15.9 Å². The van der Waals surface area contributed by atoms with Crippen LogP contribution in [0.1, 0.15) is 28.8 Å². The second kappa shape index (κ2) is 10.3. The molecule has 3 aromatic carbocycles. The van der Waals surface area contributed by atoms with Crippen molar-refractivity contribution in [1.82, 2.24) is 4.31 Å². The summed E-state index contributed by atoms with van der Waals surface area (Å²) >= 11 is 0. The molecular weight excluding hydrogens is 502 g/mol.